The van der Waals surface area contributed by atoms with Gasteiger partial charge in [0.05, 0.1) is 0 Å². The van der Waals surface area contributed by atoms with Crippen molar-refractivity contribution in [3.63, 3.8) is 0 Å². The van der Waals surface area contributed by atoms with E-state index in [-0.39, 0.29) is 17.9 Å². The van der Waals surface area contributed by atoms with Crippen molar-refractivity contribution in [2.24, 2.45) is 5.92 Å². The fourth-order valence-corrected chi connectivity index (χ4v) is 4.65. The summed E-state index contributed by atoms with van der Waals surface area (Å²) >= 11 is 0. The fourth-order valence-electron chi connectivity index (χ4n) is 4.65. The average molecular weight is 321 g/mol. The Labute approximate surface area is 139 Å². The van der Waals surface area contributed by atoms with Gasteiger partial charge >= 0.3 is 0 Å². The van der Waals surface area contributed by atoms with Gasteiger partial charge in [0.2, 0.25) is 11.8 Å². The third kappa shape index (κ3) is 4.06. The highest BCUT2D eigenvalue weighted by atomic mass is 16.2. The molecular weight excluding hydrogens is 290 g/mol. The molecular formula is C18H31N3O2. The molecule has 2 amide bonds. The third-order valence-corrected chi connectivity index (χ3v) is 5.86. The molecule has 2 aliphatic heterocycles. The molecule has 5 nitrogen and oxygen atoms in total. The minimum atomic E-state index is -0.299. The number of hydrogen-bond acceptors (Lipinski definition) is 3. The monoisotopic (exact) mass is 321 g/mol. The quantitative estimate of drug-likeness (QED) is 0.858. The van der Waals surface area contributed by atoms with Gasteiger partial charge in [0.25, 0.3) is 0 Å². The van der Waals surface area contributed by atoms with Crippen LogP contribution in [-0.4, -0.2) is 59.9 Å². The maximum atomic E-state index is 13.1. The number of amides is 2. The highest BCUT2D eigenvalue weighted by molar-refractivity contribution is 5.87. The number of hydrogen-bond donors (Lipinski definition) is 1. The van der Waals surface area contributed by atoms with Gasteiger partial charge in [-0.15, -0.1) is 0 Å². The van der Waals surface area contributed by atoms with Gasteiger partial charge in [-0.3, -0.25) is 14.5 Å². The molecule has 2 atom stereocenters. The molecule has 0 radical (unpaired) electrons. The lowest BCUT2D eigenvalue weighted by Crippen LogP contribution is -2.56. The highest BCUT2D eigenvalue weighted by Gasteiger charge is 2.37. The van der Waals surface area contributed by atoms with Crippen LogP contribution in [-0.2, 0) is 9.59 Å². The van der Waals surface area contributed by atoms with Crippen molar-refractivity contribution >= 4 is 11.8 Å². The van der Waals surface area contributed by atoms with Crippen LogP contribution in [0, 0.1) is 5.92 Å². The van der Waals surface area contributed by atoms with E-state index in [0.29, 0.717) is 12.0 Å². The lowest BCUT2D eigenvalue weighted by atomic mass is 9.95. The van der Waals surface area contributed by atoms with Gasteiger partial charge in [0.1, 0.15) is 6.04 Å². The number of likely N-dealkylation sites (tertiary alicyclic amines) is 2. The molecule has 3 aliphatic rings. The molecule has 2 unspecified atom stereocenters. The summed E-state index contributed by atoms with van der Waals surface area (Å²) in [7, 11) is 0. The topological polar surface area (TPSA) is 52.7 Å². The Kier molecular flexibility index (Phi) is 5.57. The van der Waals surface area contributed by atoms with Crippen LogP contribution in [0.1, 0.15) is 58.3 Å². The molecule has 0 bridgehead atoms. The second kappa shape index (κ2) is 7.65. The second-order valence-corrected chi connectivity index (χ2v) is 7.55. The summed E-state index contributed by atoms with van der Waals surface area (Å²) in [5.41, 5.74) is 0. The zero-order valence-electron chi connectivity index (χ0n) is 14.4. The van der Waals surface area contributed by atoms with E-state index in [0.717, 1.165) is 32.4 Å². The maximum Gasteiger partial charge on any atom is 0.245 e. The van der Waals surface area contributed by atoms with Gasteiger partial charge < -0.3 is 10.2 Å². The number of nitrogens with zero attached hydrogens (tertiary/aromatic N) is 2. The lowest BCUT2D eigenvalue weighted by molar-refractivity contribution is -0.139. The van der Waals surface area contributed by atoms with E-state index in [1.165, 1.54) is 52.1 Å². The van der Waals surface area contributed by atoms with Crippen molar-refractivity contribution in [2.75, 3.05) is 26.2 Å². The molecule has 1 saturated carbocycles. The summed E-state index contributed by atoms with van der Waals surface area (Å²) in [4.78, 5) is 29.2. The summed E-state index contributed by atoms with van der Waals surface area (Å²) in [6, 6.07) is 0.226. The molecule has 130 valence electrons. The van der Waals surface area contributed by atoms with E-state index in [9.17, 15) is 9.59 Å². The SMILES string of the molecule is CC(=O)NC(C(=O)N1CCCC(N2CCCC2)C1)C1CCCC1. The van der Waals surface area contributed by atoms with Gasteiger partial charge in [0.15, 0.2) is 0 Å². The first-order valence-corrected chi connectivity index (χ1v) is 9.45. The smallest absolute Gasteiger partial charge is 0.245 e. The molecule has 3 rings (SSSR count). The molecule has 5 heteroatoms. The largest absolute Gasteiger partial charge is 0.344 e. The number of carbonyl (C=O) groups is 2. The van der Waals surface area contributed by atoms with Crippen LogP contribution in [0.2, 0.25) is 0 Å². The lowest BCUT2D eigenvalue weighted by Gasteiger charge is -2.39. The average Bonchev–Trinajstić information content (AvgIpc) is 3.25. The third-order valence-electron chi connectivity index (χ3n) is 5.86. The molecule has 0 aromatic rings. The van der Waals surface area contributed by atoms with E-state index in [4.69, 9.17) is 0 Å². The van der Waals surface area contributed by atoms with Crippen molar-refractivity contribution in [3.05, 3.63) is 0 Å². The van der Waals surface area contributed by atoms with Crippen LogP contribution in [0.5, 0.6) is 0 Å². The normalized spacial score (nSPS) is 28.0. The van der Waals surface area contributed by atoms with Crippen molar-refractivity contribution in [1.29, 1.82) is 0 Å². The summed E-state index contributed by atoms with van der Waals surface area (Å²) in [5.74, 6) is 0.415. The Morgan fingerprint density at radius 1 is 0.957 bits per heavy atom. The molecule has 0 aromatic heterocycles. The van der Waals surface area contributed by atoms with Gasteiger partial charge in [0, 0.05) is 26.1 Å². The summed E-state index contributed by atoms with van der Waals surface area (Å²) in [6.45, 7) is 5.60. The van der Waals surface area contributed by atoms with Crippen molar-refractivity contribution in [2.45, 2.75) is 70.4 Å². The zero-order chi connectivity index (χ0) is 16.2. The van der Waals surface area contributed by atoms with Gasteiger partial charge in [-0.05, 0) is 57.5 Å². The Hall–Kier alpha value is -1.10. The summed E-state index contributed by atoms with van der Waals surface area (Å²) in [6.07, 6.45) is 9.39. The van der Waals surface area contributed by atoms with E-state index >= 15 is 0 Å². The first-order valence-electron chi connectivity index (χ1n) is 9.45. The van der Waals surface area contributed by atoms with Crippen molar-refractivity contribution in [3.8, 4) is 0 Å². The Bertz CT molecular complexity index is 428. The summed E-state index contributed by atoms with van der Waals surface area (Å²) < 4.78 is 0. The minimum absolute atomic E-state index is 0.0802. The fraction of sp³-hybridized carbons (Fsp3) is 0.889. The Morgan fingerprint density at radius 2 is 1.65 bits per heavy atom. The van der Waals surface area contributed by atoms with E-state index in [1.54, 1.807) is 0 Å². The molecule has 2 saturated heterocycles. The van der Waals surface area contributed by atoms with E-state index in [1.807, 2.05) is 4.90 Å². The van der Waals surface area contributed by atoms with Crippen molar-refractivity contribution in [1.82, 2.24) is 15.1 Å². The van der Waals surface area contributed by atoms with Crippen LogP contribution < -0.4 is 5.32 Å². The molecule has 2 heterocycles. The Morgan fingerprint density at radius 3 is 2.30 bits per heavy atom. The van der Waals surface area contributed by atoms with Gasteiger partial charge in [-0.25, -0.2) is 0 Å². The van der Waals surface area contributed by atoms with Gasteiger partial charge in [-0.1, -0.05) is 12.8 Å². The number of nitrogens with one attached hydrogen (secondary N) is 1. The van der Waals surface area contributed by atoms with Gasteiger partial charge in [-0.2, -0.15) is 0 Å². The van der Waals surface area contributed by atoms with E-state index < -0.39 is 0 Å². The molecule has 3 fully saturated rings. The number of piperidine rings is 1. The van der Waals surface area contributed by atoms with Crippen LogP contribution in [0.4, 0.5) is 0 Å². The minimum Gasteiger partial charge on any atom is -0.344 e. The molecule has 0 spiro atoms. The summed E-state index contributed by atoms with van der Waals surface area (Å²) in [5, 5.41) is 2.96. The number of carbonyl (C=O) groups excluding carboxylic acids is 2. The molecule has 0 aromatic carbocycles. The maximum absolute atomic E-state index is 13.1. The number of rotatable bonds is 4. The predicted octanol–water partition coefficient (Wildman–Crippen LogP) is 1.77. The predicted molar refractivity (Wildman–Crippen MR) is 90.0 cm³/mol. The molecule has 23 heavy (non-hydrogen) atoms. The van der Waals surface area contributed by atoms with Crippen LogP contribution >= 0.6 is 0 Å². The van der Waals surface area contributed by atoms with Crippen LogP contribution in [0.25, 0.3) is 0 Å². The second-order valence-electron chi connectivity index (χ2n) is 7.55. The van der Waals surface area contributed by atoms with Crippen molar-refractivity contribution < 1.29 is 9.59 Å². The zero-order valence-corrected chi connectivity index (χ0v) is 14.4. The standard InChI is InChI=1S/C18H31N3O2/c1-14(22)19-17(15-7-2-3-8-15)18(23)21-12-6-9-16(13-21)20-10-4-5-11-20/h15-17H,2-13H2,1H3,(H,19,22). The molecule has 1 aliphatic carbocycles. The van der Waals surface area contributed by atoms with Crippen LogP contribution in [0.3, 0.4) is 0 Å². The van der Waals surface area contributed by atoms with E-state index in [2.05, 4.69) is 10.2 Å². The first kappa shape index (κ1) is 16.7. The van der Waals surface area contributed by atoms with Crippen LogP contribution in [0.15, 0.2) is 0 Å². The highest BCUT2D eigenvalue weighted by Crippen LogP contribution is 2.29. The molecule has 1 N–H and O–H groups in total. The Balaban J connectivity index is 1.64. The first-order chi connectivity index (χ1) is 11.1.